The number of rotatable bonds is 6. The number of carbonyl (C=O) groups is 2. The number of benzene rings is 2. The first-order valence-corrected chi connectivity index (χ1v) is 7.79. The number of nitrogens with two attached hydrogens (primary N) is 1. The molecule has 2 aromatic rings. The van der Waals surface area contributed by atoms with Crippen LogP contribution < -0.4 is 10.6 Å². The van der Waals surface area contributed by atoms with E-state index < -0.39 is 0 Å². The van der Waals surface area contributed by atoms with Crippen molar-refractivity contribution in [2.45, 2.75) is 32.9 Å². The van der Waals surface area contributed by atoms with Crippen molar-refractivity contribution in [1.82, 2.24) is 0 Å². The second kappa shape index (κ2) is 7.70. The lowest BCUT2D eigenvalue weighted by Gasteiger charge is -2.17. The van der Waals surface area contributed by atoms with E-state index in [0.29, 0.717) is 11.3 Å². The van der Waals surface area contributed by atoms with Crippen molar-refractivity contribution in [3.63, 3.8) is 0 Å². The fourth-order valence-corrected chi connectivity index (χ4v) is 2.53. The summed E-state index contributed by atoms with van der Waals surface area (Å²) in [6, 6.07) is 17.1. The summed E-state index contributed by atoms with van der Waals surface area (Å²) in [6.07, 6.45) is 0. The van der Waals surface area contributed by atoms with E-state index in [1.54, 1.807) is 18.2 Å². The predicted molar refractivity (Wildman–Crippen MR) is 91.3 cm³/mol. The Hall–Kier alpha value is -2.46. The summed E-state index contributed by atoms with van der Waals surface area (Å²) in [5.41, 5.74) is 2.28. The smallest absolute Gasteiger partial charge is 0.282 e. The third-order valence-corrected chi connectivity index (χ3v) is 3.88. The number of ketones is 1. The monoisotopic (exact) mass is 311 g/mol. The molecule has 2 atom stereocenters. The quantitative estimate of drug-likeness (QED) is 0.805. The first-order chi connectivity index (χ1) is 11.0. The van der Waals surface area contributed by atoms with Crippen LogP contribution in [0.25, 0.3) is 0 Å². The SMILES string of the molecule is CC(=O)c1ccccc1NC(=O)[C@H](C)[NH2+][C@@H](C)c1ccccc1. The van der Waals surface area contributed by atoms with Crippen LogP contribution in [0.3, 0.4) is 0 Å². The van der Waals surface area contributed by atoms with Crippen LogP contribution >= 0.6 is 0 Å². The largest absolute Gasteiger partial charge is 0.330 e. The third-order valence-electron chi connectivity index (χ3n) is 3.88. The van der Waals surface area contributed by atoms with Gasteiger partial charge >= 0.3 is 0 Å². The van der Waals surface area contributed by atoms with Gasteiger partial charge in [0.2, 0.25) is 0 Å². The molecular formula is C19H23N2O2+. The van der Waals surface area contributed by atoms with Crippen molar-refractivity contribution >= 4 is 17.4 Å². The maximum absolute atomic E-state index is 12.4. The highest BCUT2D eigenvalue weighted by Gasteiger charge is 2.21. The molecule has 23 heavy (non-hydrogen) atoms. The Morgan fingerprint density at radius 3 is 2.22 bits per heavy atom. The van der Waals surface area contributed by atoms with Gasteiger partial charge in [0.15, 0.2) is 11.8 Å². The molecule has 0 aliphatic carbocycles. The normalized spacial score (nSPS) is 13.2. The molecule has 0 aliphatic heterocycles. The van der Waals surface area contributed by atoms with Crippen molar-refractivity contribution < 1.29 is 14.9 Å². The maximum Gasteiger partial charge on any atom is 0.282 e. The topological polar surface area (TPSA) is 62.8 Å². The molecule has 0 saturated heterocycles. The Balaban J connectivity index is 2.02. The summed E-state index contributed by atoms with van der Waals surface area (Å²) in [4.78, 5) is 24.0. The van der Waals surface area contributed by atoms with Crippen LogP contribution in [-0.4, -0.2) is 17.7 Å². The second-order valence-corrected chi connectivity index (χ2v) is 5.77. The highest BCUT2D eigenvalue weighted by Crippen LogP contribution is 2.15. The van der Waals surface area contributed by atoms with Crippen LogP contribution in [0, 0.1) is 0 Å². The first kappa shape index (κ1) is 16.9. The van der Waals surface area contributed by atoms with E-state index in [0.717, 1.165) is 0 Å². The summed E-state index contributed by atoms with van der Waals surface area (Å²) in [6.45, 7) is 5.44. The van der Waals surface area contributed by atoms with Crippen LogP contribution in [0.4, 0.5) is 5.69 Å². The van der Waals surface area contributed by atoms with Gasteiger partial charge in [0, 0.05) is 11.1 Å². The van der Waals surface area contributed by atoms with Gasteiger partial charge in [-0.2, -0.15) is 0 Å². The summed E-state index contributed by atoms with van der Waals surface area (Å²) in [7, 11) is 0. The Morgan fingerprint density at radius 1 is 0.957 bits per heavy atom. The molecule has 2 aromatic carbocycles. The summed E-state index contributed by atoms with van der Waals surface area (Å²) < 4.78 is 0. The minimum Gasteiger partial charge on any atom is -0.330 e. The van der Waals surface area contributed by atoms with Gasteiger partial charge in [-0.05, 0) is 32.9 Å². The van der Waals surface area contributed by atoms with Gasteiger partial charge in [0.25, 0.3) is 5.91 Å². The lowest BCUT2D eigenvalue weighted by molar-refractivity contribution is -0.709. The molecule has 2 rings (SSSR count). The molecule has 0 aliphatic rings. The van der Waals surface area contributed by atoms with Crippen LogP contribution in [0.15, 0.2) is 54.6 Å². The van der Waals surface area contributed by atoms with E-state index >= 15 is 0 Å². The number of nitrogens with one attached hydrogen (secondary N) is 1. The lowest BCUT2D eigenvalue weighted by atomic mass is 10.1. The molecule has 0 radical (unpaired) electrons. The number of quaternary nitrogens is 1. The minimum atomic E-state index is -0.259. The number of carbonyl (C=O) groups excluding carboxylic acids is 2. The standard InChI is InChI=1S/C19H22N2O2/c1-13(16-9-5-4-6-10-16)20-14(2)19(23)21-18-12-8-7-11-17(18)15(3)22/h4-14,20H,1-3H3,(H,21,23)/p+1/t13-,14-/m0/s1. The van der Waals surface area contributed by atoms with Gasteiger partial charge in [0.05, 0.1) is 5.69 Å². The van der Waals surface area contributed by atoms with Crippen molar-refractivity contribution in [1.29, 1.82) is 0 Å². The fraction of sp³-hybridized carbons (Fsp3) is 0.263. The Bertz CT molecular complexity index is 683. The summed E-state index contributed by atoms with van der Waals surface area (Å²) in [5, 5.41) is 4.87. The van der Waals surface area contributed by atoms with E-state index in [1.165, 1.54) is 12.5 Å². The van der Waals surface area contributed by atoms with Crippen molar-refractivity contribution in [3.05, 3.63) is 65.7 Å². The fourth-order valence-electron chi connectivity index (χ4n) is 2.53. The van der Waals surface area contributed by atoms with Crippen LogP contribution in [0.1, 0.15) is 42.7 Å². The number of anilines is 1. The van der Waals surface area contributed by atoms with E-state index in [-0.39, 0.29) is 23.8 Å². The molecule has 3 N–H and O–H groups in total. The molecule has 4 nitrogen and oxygen atoms in total. The molecular weight excluding hydrogens is 288 g/mol. The highest BCUT2D eigenvalue weighted by molar-refractivity contribution is 6.04. The van der Waals surface area contributed by atoms with E-state index in [9.17, 15) is 9.59 Å². The molecule has 0 aromatic heterocycles. The van der Waals surface area contributed by atoms with Crippen LogP contribution in [0.5, 0.6) is 0 Å². The van der Waals surface area contributed by atoms with Gasteiger partial charge in [-0.25, -0.2) is 0 Å². The molecule has 1 amide bonds. The number of hydrogen-bond acceptors (Lipinski definition) is 2. The van der Waals surface area contributed by atoms with Crippen molar-refractivity contribution in [2.75, 3.05) is 5.32 Å². The minimum absolute atomic E-state index is 0.0600. The molecule has 0 bridgehead atoms. The Kier molecular flexibility index (Phi) is 5.66. The molecule has 0 unspecified atom stereocenters. The summed E-state index contributed by atoms with van der Waals surface area (Å²) in [5.74, 6) is -0.170. The average molecular weight is 311 g/mol. The number of hydrogen-bond donors (Lipinski definition) is 2. The first-order valence-electron chi connectivity index (χ1n) is 7.79. The zero-order chi connectivity index (χ0) is 16.8. The Labute approximate surface area is 136 Å². The van der Waals surface area contributed by atoms with Gasteiger partial charge in [0.1, 0.15) is 6.04 Å². The van der Waals surface area contributed by atoms with E-state index in [4.69, 9.17) is 0 Å². The highest BCUT2D eigenvalue weighted by atomic mass is 16.2. The number of amides is 1. The molecule has 0 saturated carbocycles. The van der Waals surface area contributed by atoms with E-state index in [2.05, 4.69) is 24.4 Å². The maximum atomic E-state index is 12.4. The van der Waals surface area contributed by atoms with Crippen LogP contribution in [0.2, 0.25) is 0 Å². The molecule has 120 valence electrons. The average Bonchev–Trinajstić information content (AvgIpc) is 2.55. The van der Waals surface area contributed by atoms with Crippen molar-refractivity contribution in [3.8, 4) is 0 Å². The molecule has 0 spiro atoms. The lowest BCUT2D eigenvalue weighted by Crippen LogP contribution is -2.91. The zero-order valence-electron chi connectivity index (χ0n) is 13.7. The van der Waals surface area contributed by atoms with Gasteiger partial charge < -0.3 is 10.6 Å². The molecule has 0 heterocycles. The molecule has 0 fully saturated rings. The summed E-state index contributed by atoms with van der Waals surface area (Å²) >= 11 is 0. The molecule has 4 heteroatoms. The van der Waals surface area contributed by atoms with Crippen molar-refractivity contribution in [2.24, 2.45) is 0 Å². The van der Waals surface area contributed by atoms with Gasteiger partial charge in [-0.15, -0.1) is 0 Å². The predicted octanol–water partition coefficient (Wildman–Crippen LogP) is 2.54. The number of Topliss-reactive ketones (excluding diaryl/α,β-unsaturated/α-hetero) is 1. The van der Waals surface area contributed by atoms with Gasteiger partial charge in [-0.1, -0.05) is 42.5 Å². The van der Waals surface area contributed by atoms with Crippen LogP contribution in [-0.2, 0) is 4.79 Å². The van der Waals surface area contributed by atoms with Gasteiger partial charge in [-0.3, -0.25) is 9.59 Å². The Morgan fingerprint density at radius 2 is 1.57 bits per heavy atom. The third kappa shape index (κ3) is 4.50. The second-order valence-electron chi connectivity index (χ2n) is 5.77. The van der Waals surface area contributed by atoms with E-state index in [1.807, 2.05) is 36.5 Å². The number of para-hydroxylation sites is 1. The zero-order valence-corrected chi connectivity index (χ0v) is 13.7.